The summed E-state index contributed by atoms with van der Waals surface area (Å²) in [5.74, 6) is 6.22. The van der Waals surface area contributed by atoms with E-state index in [0.717, 1.165) is 29.3 Å². The number of para-hydroxylation sites is 1. The lowest BCUT2D eigenvalue weighted by Gasteiger charge is -2.40. The van der Waals surface area contributed by atoms with Crippen LogP contribution in [0.1, 0.15) is 29.4 Å². The van der Waals surface area contributed by atoms with E-state index >= 15 is 0 Å². The number of ether oxygens (including phenoxy) is 1. The number of fused-ring (bicyclic) bond motifs is 2. The Labute approximate surface area is 202 Å². The lowest BCUT2D eigenvalue weighted by atomic mass is 10.1. The zero-order valence-electron chi connectivity index (χ0n) is 18.7. The number of carbonyl (C=O) groups excluding carboxylic acids is 2. The number of aromatic nitrogens is 1. The highest BCUT2D eigenvalue weighted by Crippen LogP contribution is 2.38. The van der Waals surface area contributed by atoms with Crippen LogP contribution in [-0.2, 0) is 4.79 Å². The number of anilines is 1. The Morgan fingerprint density at radius 3 is 2.29 bits per heavy atom. The Kier molecular flexibility index (Phi) is 5.95. The number of hydrogen-bond donors (Lipinski definition) is 1. The van der Waals surface area contributed by atoms with Crippen molar-refractivity contribution >= 4 is 28.3 Å². The molecule has 2 aliphatic rings. The first kappa shape index (κ1) is 22.0. The Hall–Kier alpha value is -3.83. The third-order valence-corrected chi connectivity index (χ3v) is 7.30. The number of carbonyl (C=O) groups is 2. The molecule has 0 saturated carbocycles. The van der Waals surface area contributed by atoms with E-state index in [0.29, 0.717) is 29.4 Å². The molecule has 2 saturated heterocycles. The van der Waals surface area contributed by atoms with E-state index in [2.05, 4.69) is 16.7 Å². The lowest BCUT2D eigenvalue weighted by molar-refractivity contribution is -0.128. The van der Waals surface area contributed by atoms with E-state index in [-0.39, 0.29) is 18.0 Å². The number of thiazole rings is 1. The van der Waals surface area contributed by atoms with Gasteiger partial charge >= 0.3 is 0 Å². The van der Waals surface area contributed by atoms with Crippen molar-refractivity contribution in [1.82, 2.24) is 9.88 Å². The predicted octanol–water partition coefficient (Wildman–Crippen LogP) is 3.90. The molecule has 2 aliphatic heterocycles. The number of amides is 2. The van der Waals surface area contributed by atoms with Crippen LogP contribution in [0.2, 0.25) is 0 Å². The maximum absolute atomic E-state index is 12.4. The second kappa shape index (κ2) is 9.20. The van der Waals surface area contributed by atoms with Crippen molar-refractivity contribution < 1.29 is 14.3 Å². The monoisotopic (exact) mass is 472 g/mol. The molecule has 0 radical (unpaired) electrons. The zero-order valence-corrected chi connectivity index (χ0v) is 19.5. The number of primary amides is 1. The fraction of sp³-hybridized carbons (Fsp3) is 0.269. The van der Waals surface area contributed by atoms with Crippen LogP contribution < -0.4 is 15.4 Å². The minimum Gasteiger partial charge on any atom is -0.457 e. The number of rotatable bonds is 5. The second-order valence-corrected chi connectivity index (χ2v) is 9.33. The van der Waals surface area contributed by atoms with Gasteiger partial charge in [0, 0.05) is 18.7 Å². The first-order valence-corrected chi connectivity index (χ1v) is 12.0. The minimum absolute atomic E-state index is 0.103. The maximum atomic E-state index is 12.4. The number of benzene rings is 2. The van der Waals surface area contributed by atoms with Crippen LogP contribution in [-0.4, -0.2) is 46.9 Å². The van der Waals surface area contributed by atoms with Crippen LogP contribution in [0.4, 0.5) is 5.13 Å². The molecule has 0 aliphatic carbocycles. The van der Waals surface area contributed by atoms with Gasteiger partial charge in [-0.05, 0) is 62.1 Å². The molecule has 2 amide bonds. The fourth-order valence-electron chi connectivity index (χ4n) is 4.67. The van der Waals surface area contributed by atoms with Crippen molar-refractivity contribution in [2.45, 2.75) is 31.8 Å². The van der Waals surface area contributed by atoms with E-state index in [1.807, 2.05) is 59.5 Å². The van der Waals surface area contributed by atoms with Gasteiger partial charge in [0.2, 0.25) is 0 Å². The quantitative estimate of drug-likeness (QED) is 0.569. The fourth-order valence-corrected chi connectivity index (χ4v) is 5.63. The third kappa shape index (κ3) is 4.22. The van der Waals surface area contributed by atoms with Gasteiger partial charge in [-0.15, -0.1) is 0 Å². The molecular weight excluding hydrogens is 448 g/mol. The van der Waals surface area contributed by atoms with Gasteiger partial charge in [-0.1, -0.05) is 35.5 Å². The number of nitrogens with zero attached hydrogens (tertiary/aromatic N) is 3. The normalized spacial score (nSPS) is 18.9. The SMILES string of the molecule is CC#CC(=O)N1C2CCC1CN(c1nc(-c3ccc(Oc4ccccc4)cc3)c(C(N)=O)s1)C2. The van der Waals surface area contributed by atoms with E-state index in [1.54, 1.807) is 6.92 Å². The summed E-state index contributed by atoms with van der Waals surface area (Å²) < 4.78 is 5.87. The van der Waals surface area contributed by atoms with Crippen LogP contribution in [0.15, 0.2) is 54.6 Å². The van der Waals surface area contributed by atoms with Gasteiger partial charge in [-0.25, -0.2) is 4.98 Å². The van der Waals surface area contributed by atoms with Crippen LogP contribution >= 0.6 is 11.3 Å². The molecule has 8 heteroatoms. The highest BCUT2D eigenvalue weighted by molar-refractivity contribution is 7.18. The summed E-state index contributed by atoms with van der Waals surface area (Å²) in [6.45, 7) is 3.02. The average Bonchev–Trinajstić information content (AvgIpc) is 3.40. The summed E-state index contributed by atoms with van der Waals surface area (Å²) >= 11 is 1.31. The van der Waals surface area contributed by atoms with Crippen LogP contribution in [0, 0.1) is 11.8 Å². The van der Waals surface area contributed by atoms with Crippen molar-refractivity contribution in [3.05, 3.63) is 59.5 Å². The summed E-state index contributed by atoms with van der Waals surface area (Å²) in [5, 5.41) is 0.749. The third-order valence-electron chi connectivity index (χ3n) is 6.17. The maximum Gasteiger partial charge on any atom is 0.299 e. The Morgan fingerprint density at radius 2 is 1.68 bits per heavy atom. The van der Waals surface area contributed by atoms with Crippen molar-refractivity contribution in [1.29, 1.82) is 0 Å². The molecule has 2 unspecified atom stereocenters. The number of piperazine rings is 1. The largest absolute Gasteiger partial charge is 0.457 e. The predicted molar refractivity (Wildman–Crippen MR) is 132 cm³/mol. The second-order valence-electron chi connectivity index (χ2n) is 8.36. The molecule has 2 fully saturated rings. The van der Waals surface area contributed by atoms with Crippen LogP contribution in [0.5, 0.6) is 11.5 Å². The van der Waals surface area contributed by atoms with Crippen molar-refractivity contribution in [2.75, 3.05) is 18.0 Å². The highest BCUT2D eigenvalue weighted by Gasteiger charge is 2.43. The van der Waals surface area contributed by atoms with E-state index < -0.39 is 5.91 Å². The molecule has 1 aromatic heterocycles. The number of nitrogens with two attached hydrogens (primary N) is 1. The smallest absolute Gasteiger partial charge is 0.299 e. The molecule has 2 N–H and O–H groups in total. The Bertz CT molecular complexity index is 1260. The van der Waals surface area contributed by atoms with Gasteiger partial charge in [-0.2, -0.15) is 0 Å². The molecule has 3 aromatic rings. The van der Waals surface area contributed by atoms with Gasteiger partial charge in [0.05, 0.1) is 17.8 Å². The van der Waals surface area contributed by atoms with Gasteiger partial charge in [0.25, 0.3) is 11.8 Å². The highest BCUT2D eigenvalue weighted by atomic mass is 32.1. The average molecular weight is 473 g/mol. The molecular formula is C26H24N4O3S. The summed E-state index contributed by atoms with van der Waals surface area (Å²) in [6.07, 6.45) is 1.89. The zero-order chi connectivity index (χ0) is 23.7. The number of hydrogen-bond acceptors (Lipinski definition) is 6. The standard InChI is InChI=1S/C26H24N4O3S/c1-2-6-22(31)30-18-11-12-19(30)16-29(15-18)26-28-23(24(34-26)25(27)32)17-9-13-21(14-10-17)33-20-7-4-3-5-8-20/h3-5,7-10,13-14,18-19H,11-12,15-16H2,1H3,(H2,27,32). The van der Waals surface area contributed by atoms with Gasteiger partial charge < -0.3 is 20.3 Å². The molecule has 2 aromatic carbocycles. The van der Waals surface area contributed by atoms with Gasteiger partial charge in [0.1, 0.15) is 16.4 Å². The van der Waals surface area contributed by atoms with Gasteiger partial charge in [0.15, 0.2) is 5.13 Å². The Morgan fingerprint density at radius 1 is 1.03 bits per heavy atom. The molecule has 34 heavy (non-hydrogen) atoms. The van der Waals surface area contributed by atoms with E-state index in [4.69, 9.17) is 15.5 Å². The van der Waals surface area contributed by atoms with E-state index in [9.17, 15) is 9.59 Å². The summed E-state index contributed by atoms with van der Waals surface area (Å²) in [4.78, 5) is 34.0. The van der Waals surface area contributed by atoms with E-state index in [1.165, 1.54) is 11.3 Å². The topological polar surface area (TPSA) is 88.8 Å². The first-order chi connectivity index (χ1) is 16.5. The first-order valence-electron chi connectivity index (χ1n) is 11.2. The van der Waals surface area contributed by atoms with Crippen molar-refractivity contribution in [3.8, 4) is 34.6 Å². The molecule has 0 spiro atoms. The van der Waals surface area contributed by atoms with Crippen LogP contribution in [0.3, 0.4) is 0 Å². The summed E-state index contributed by atoms with van der Waals surface area (Å²) in [5.41, 5.74) is 7.08. The molecule has 5 rings (SSSR count). The lowest BCUT2D eigenvalue weighted by Crippen LogP contribution is -2.55. The van der Waals surface area contributed by atoms with Crippen molar-refractivity contribution in [2.24, 2.45) is 5.73 Å². The Balaban J connectivity index is 1.38. The minimum atomic E-state index is -0.502. The van der Waals surface area contributed by atoms with Crippen molar-refractivity contribution in [3.63, 3.8) is 0 Å². The summed E-state index contributed by atoms with van der Waals surface area (Å²) in [6, 6.07) is 17.2. The summed E-state index contributed by atoms with van der Waals surface area (Å²) in [7, 11) is 0. The molecule has 7 nitrogen and oxygen atoms in total. The van der Waals surface area contributed by atoms with Gasteiger partial charge in [-0.3, -0.25) is 9.59 Å². The molecule has 172 valence electrons. The molecule has 2 atom stereocenters. The molecule has 3 heterocycles. The molecule has 2 bridgehead atoms. The van der Waals surface area contributed by atoms with Crippen LogP contribution in [0.25, 0.3) is 11.3 Å².